The van der Waals surface area contributed by atoms with Crippen LogP contribution in [0.3, 0.4) is 0 Å². The maximum absolute atomic E-state index is 14.0. The molecule has 0 saturated carbocycles. The van der Waals surface area contributed by atoms with Crippen molar-refractivity contribution in [2.24, 2.45) is 28.2 Å². The minimum Gasteiger partial charge on any atom is -0.489 e. The minimum absolute atomic E-state index is 0.0497. The largest absolute Gasteiger partial charge is 0.489 e. The van der Waals surface area contributed by atoms with Gasteiger partial charge in [-0.2, -0.15) is 41.8 Å². The Morgan fingerprint density at radius 2 is 0.805 bits per heavy atom. The quantitative estimate of drug-likeness (QED) is 0.0874. The molecule has 4 aromatic carbocycles. The van der Waals surface area contributed by atoms with Gasteiger partial charge in [0.2, 0.25) is 0 Å². The number of halogens is 3. The second-order valence-corrected chi connectivity index (χ2v) is 23.8. The molecule has 8 aromatic heterocycles. The fourth-order valence-electron chi connectivity index (χ4n) is 7.70. The highest BCUT2D eigenvalue weighted by atomic mass is 79.9. The number of aromatic nitrogens is 16. The molecule has 0 N–H and O–H groups in total. The van der Waals surface area contributed by atoms with E-state index in [1.165, 1.54) is 76.9 Å². The summed E-state index contributed by atoms with van der Waals surface area (Å²) in [4.78, 5) is 47.9. The molecule has 0 amide bonds. The molecule has 450 valence electrons. The normalized spacial score (nSPS) is 11.5. The van der Waals surface area contributed by atoms with E-state index in [-0.39, 0.29) is 42.5 Å². The lowest BCUT2D eigenvalue weighted by Crippen LogP contribution is -2.22. The summed E-state index contributed by atoms with van der Waals surface area (Å²) in [5.74, 6) is 2.65. The van der Waals surface area contributed by atoms with Crippen molar-refractivity contribution in [3.05, 3.63) is 224 Å². The van der Waals surface area contributed by atoms with E-state index in [4.69, 9.17) is 36.0 Å². The molecule has 0 atom stereocenters. The van der Waals surface area contributed by atoms with Crippen LogP contribution in [0.25, 0.3) is 22.7 Å². The predicted octanol–water partition coefficient (Wildman–Crippen LogP) is 9.21. The van der Waals surface area contributed by atoms with Gasteiger partial charge in [-0.3, -0.25) is 0 Å². The van der Waals surface area contributed by atoms with Crippen LogP contribution in [0.1, 0.15) is 50.0 Å². The monoisotopic (exact) mass is 1350 g/mol. The molecule has 0 unspecified atom stereocenters. The van der Waals surface area contributed by atoms with Gasteiger partial charge in [0.15, 0.2) is 5.13 Å². The standard InChI is InChI=1S/C14H13BrN4O2S.C14H13ClN4O2S.C14H13FN4O2S.C14H14N4O2S/c3*1-9-5-3-4-6-12(9)21-7-10-11(8-22-13(10)15)19-14(20)18(2)16-17-19;1-10-5-3-4-6-13(10)20-7-11-8-21-9-12(11)18-14(19)17(2)15-16-18/h3*3-6,8H,7H2,1-2H3;3-6,8-9H,7H2,1-2H3/i4*3T. The number of rotatable bonds is 16. The third kappa shape index (κ3) is 14.7. The summed E-state index contributed by atoms with van der Waals surface area (Å²) in [6.45, 7) is 8.21. The molecular weight excluding hydrogens is 1290 g/mol. The predicted molar refractivity (Wildman–Crippen MR) is 333 cm³/mol. The van der Waals surface area contributed by atoms with Gasteiger partial charge < -0.3 is 18.9 Å². The first kappa shape index (κ1) is 57.2. The number of thiophene rings is 4. The number of ether oxygens (including phenoxy) is 4. The van der Waals surface area contributed by atoms with E-state index >= 15 is 0 Å². The van der Waals surface area contributed by atoms with Crippen molar-refractivity contribution in [2.45, 2.75) is 54.1 Å². The molecule has 0 aliphatic heterocycles. The van der Waals surface area contributed by atoms with Gasteiger partial charge in [-0.1, -0.05) is 84.3 Å². The molecule has 8 heterocycles. The number of aryl methyl sites for hydroxylation is 8. The van der Waals surface area contributed by atoms with Crippen LogP contribution in [0.15, 0.2) is 147 Å². The molecule has 0 fully saturated rings. The summed E-state index contributed by atoms with van der Waals surface area (Å²) in [6, 6.07) is 22.1. The average molecular weight is 1350 g/mol. The Labute approximate surface area is 529 Å². The molecule has 0 saturated heterocycles. The van der Waals surface area contributed by atoms with Crippen LogP contribution in [-0.2, 0) is 54.6 Å². The number of benzene rings is 4. The summed E-state index contributed by atoms with van der Waals surface area (Å²) in [7, 11) is 6.10. The van der Waals surface area contributed by atoms with E-state index in [9.17, 15) is 23.6 Å². The highest BCUT2D eigenvalue weighted by Crippen LogP contribution is 2.33. The van der Waals surface area contributed by atoms with Crippen molar-refractivity contribution >= 4 is 72.9 Å². The first-order valence-corrected chi connectivity index (χ1v) is 30.3. The lowest BCUT2D eigenvalue weighted by atomic mass is 10.2. The van der Waals surface area contributed by atoms with E-state index in [0.29, 0.717) is 80.7 Å². The van der Waals surface area contributed by atoms with Crippen LogP contribution < -0.4 is 41.7 Å². The average Bonchev–Trinajstić information content (AvgIpc) is 1.76. The van der Waals surface area contributed by atoms with Gasteiger partial charge >= 0.3 is 22.8 Å². The third-order valence-electron chi connectivity index (χ3n) is 12.6. The summed E-state index contributed by atoms with van der Waals surface area (Å²) in [5, 5.41) is 38.4. The van der Waals surface area contributed by atoms with Crippen molar-refractivity contribution in [1.82, 2.24) is 79.2 Å². The van der Waals surface area contributed by atoms with Gasteiger partial charge in [-0.05, 0) is 137 Å². The van der Waals surface area contributed by atoms with Gasteiger partial charge in [0, 0.05) is 66.4 Å². The number of hydrogen-bond acceptors (Lipinski definition) is 20. The van der Waals surface area contributed by atoms with Crippen molar-refractivity contribution in [3.63, 3.8) is 0 Å². The van der Waals surface area contributed by atoms with Crippen LogP contribution in [0.5, 0.6) is 23.0 Å². The minimum atomic E-state index is -0.459. The van der Waals surface area contributed by atoms with Crippen LogP contribution in [0.2, 0.25) is 4.34 Å². The van der Waals surface area contributed by atoms with Crippen LogP contribution in [-0.4, -0.2) is 79.2 Å². The van der Waals surface area contributed by atoms with E-state index in [1.54, 1.807) is 92.3 Å². The summed E-state index contributed by atoms with van der Waals surface area (Å²) >= 11 is 14.8. The van der Waals surface area contributed by atoms with Crippen molar-refractivity contribution in [1.29, 1.82) is 0 Å². The Hall–Kier alpha value is -8.94. The fraction of sp³-hybridized carbons (Fsp3) is 0.214. The highest BCUT2D eigenvalue weighted by Gasteiger charge is 2.21. The molecule has 12 rings (SSSR count). The van der Waals surface area contributed by atoms with Gasteiger partial charge in [-0.15, -0.1) is 45.3 Å². The molecule has 0 aliphatic carbocycles. The number of nitrogens with zero attached hydrogens (tertiary/aromatic N) is 16. The van der Waals surface area contributed by atoms with E-state index < -0.39 is 10.8 Å². The zero-order chi connectivity index (χ0) is 65.4. The second-order valence-electron chi connectivity index (χ2n) is 18.5. The maximum atomic E-state index is 14.0. The Morgan fingerprint density at radius 3 is 1.21 bits per heavy atom. The van der Waals surface area contributed by atoms with E-state index in [2.05, 4.69) is 57.6 Å². The topological polar surface area (TPSA) is 248 Å². The van der Waals surface area contributed by atoms with Gasteiger partial charge in [0.25, 0.3) is 0 Å². The summed E-state index contributed by atoms with van der Waals surface area (Å²) in [6.07, 6.45) is 0. The lowest BCUT2D eigenvalue weighted by Gasteiger charge is -2.09. The van der Waals surface area contributed by atoms with Crippen LogP contribution >= 0.6 is 72.9 Å². The van der Waals surface area contributed by atoms with Crippen molar-refractivity contribution in [3.8, 4) is 45.7 Å². The van der Waals surface area contributed by atoms with Gasteiger partial charge in [-0.25, -0.2) is 19.2 Å². The molecule has 0 spiro atoms. The van der Waals surface area contributed by atoms with Crippen molar-refractivity contribution < 1.29 is 28.8 Å². The Balaban J connectivity index is 0.000000144. The smallest absolute Gasteiger partial charge is 0.368 e. The number of hydrogen-bond donors (Lipinski definition) is 0. The van der Waals surface area contributed by atoms with Crippen molar-refractivity contribution in [2.75, 3.05) is 0 Å². The van der Waals surface area contributed by atoms with Crippen LogP contribution in [0, 0.1) is 32.8 Å². The number of para-hydroxylation sites is 4. The first-order chi connectivity index (χ1) is 43.5. The summed E-state index contributed by atoms with van der Waals surface area (Å²) in [5.41, 5.74) is 6.83. The molecular formula is C56H53BrClFN16O8S4. The van der Waals surface area contributed by atoms with Gasteiger partial charge in [0.05, 0.1) is 37.6 Å². The van der Waals surface area contributed by atoms with E-state index in [0.717, 1.165) is 68.3 Å². The zero-order valence-corrected chi connectivity index (χ0v) is 52.9. The Kier molecular flexibility index (Phi) is 18.7. The molecule has 12 aromatic rings. The second kappa shape index (κ2) is 28.5. The Morgan fingerprint density at radius 1 is 0.460 bits per heavy atom. The van der Waals surface area contributed by atoms with Crippen LogP contribution in [0.4, 0.5) is 4.39 Å². The highest BCUT2D eigenvalue weighted by molar-refractivity contribution is 9.11. The molecule has 0 radical (unpaired) electrons. The SMILES string of the molecule is [3H]c1ccc(OCc2c(-n3nnn(C)c3=O)csc2Br)c(C)c1.[3H]c1ccc(OCc2c(-n3nnn(C)c3=O)csc2Cl)c(C)c1.[3H]c1ccc(OCc2c(-n3nnn(C)c3=O)csc2F)c(C)c1.[3H]c1ccc(OCc2cscc2-n2nnn(C)c2=O)c(C)c1. The molecule has 0 bridgehead atoms. The zero-order valence-electron chi connectivity index (χ0n) is 51.3. The fourth-order valence-corrected chi connectivity index (χ4v) is 11.7. The maximum Gasteiger partial charge on any atom is 0.368 e. The summed E-state index contributed by atoms with van der Waals surface area (Å²) < 4.78 is 78.1. The van der Waals surface area contributed by atoms with E-state index in [1.807, 2.05) is 43.8 Å². The molecule has 87 heavy (non-hydrogen) atoms. The molecule has 24 nitrogen and oxygen atoms in total. The molecule has 31 heteroatoms. The van der Waals surface area contributed by atoms with Gasteiger partial charge in [0.1, 0.15) is 53.8 Å². The lowest BCUT2D eigenvalue weighted by molar-refractivity contribution is 0.298. The number of tetrazole rings is 4. The first-order valence-electron chi connectivity index (χ1n) is 27.6. The third-order valence-corrected chi connectivity index (χ3v) is 17.3. The molecule has 0 aliphatic rings. The Bertz CT molecular complexity index is 4460.